The van der Waals surface area contributed by atoms with Crippen molar-refractivity contribution in [2.75, 3.05) is 30.9 Å². The van der Waals surface area contributed by atoms with Crippen LogP contribution in [0.15, 0.2) is 44.5 Å². The van der Waals surface area contributed by atoms with Crippen molar-refractivity contribution in [2.45, 2.75) is 43.0 Å². The summed E-state index contributed by atoms with van der Waals surface area (Å²) in [5, 5.41) is 25.8. The van der Waals surface area contributed by atoms with E-state index in [0.717, 1.165) is 45.4 Å². The molecule has 3 amide bonds. The molecule has 1 fully saturated rings. The molecule has 2 aromatic rings. The molecule has 2 aliphatic heterocycles. The highest BCUT2D eigenvalue weighted by Crippen LogP contribution is 2.45. The molecule has 14 nitrogen and oxygen atoms in total. The summed E-state index contributed by atoms with van der Waals surface area (Å²) in [6.07, 6.45) is 4.67. The Morgan fingerprint density at radius 2 is 2.09 bits per heavy atom. The first-order chi connectivity index (χ1) is 20.5. The number of nitrogens with zero attached hydrogens (tertiary/aromatic N) is 5. The summed E-state index contributed by atoms with van der Waals surface area (Å²) >= 11 is 5.84. The number of rotatable bonds is 12. The quantitative estimate of drug-likeness (QED) is 0.0549. The maximum atomic E-state index is 12.1. The van der Waals surface area contributed by atoms with E-state index in [2.05, 4.69) is 15.5 Å². The zero-order valence-corrected chi connectivity index (χ0v) is 27.3. The number of nitrogens with one attached hydrogen (secondary N) is 1. The lowest BCUT2D eigenvalue weighted by molar-refractivity contribution is -0.137. The largest absolute Gasteiger partial charge is 0.477 e. The molecule has 1 unspecified atom stereocenters. The number of nitrogen functional groups attached to an aromatic ring is 1. The molecular weight excluding hydrogens is 637 g/mol. The summed E-state index contributed by atoms with van der Waals surface area (Å²) in [6.45, 7) is 6.42. The van der Waals surface area contributed by atoms with Crippen LogP contribution in [0.3, 0.4) is 0 Å². The molecule has 1 saturated heterocycles. The number of aldehydes is 1. The minimum absolute atomic E-state index is 0.0440. The predicted octanol–water partition coefficient (Wildman–Crippen LogP) is 2.48. The smallest absolute Gasteiger partial charge is 0.353 e. The summed E-state index contributed by atoms with van der Waals surface area (Å²) in [7, 11) is 1.91. The van der Waals surface area contributed by atoms with Gasteiger partial charge in [-0.05, 0) is 43.1 Å². The summed E-state index contributed by atoms with van der Waals surface area (Å²) in [5.41, 5.74) is 6.96. The molecule has 4 rings (SSSR count). The standard InChI is InChI=1S/C16H18N4O4S3.C5H11NO.C4H7N3OS/c1-17-4-5-25-7-10-6-18-3-2-11(10)27-12-8-26-16-19(9-21)15(24)20(16)13(12)14(22)23;1-4(2)5(6)3-7;1-3(6-8)4-2-9-7(4)5/h2-3,6,9,16-17H,4-5,7-8H2,1H3,(H,22,23);3-5H,6H2,1-2H3;2,8H,5H2,1H3/b;;6-3+/t16-;;/m1../s1. The first-order valence-corrected chi connectivity index (χ1v) is 16.7. The fourth-order valence-corrected chi connectivity index (χ4v) is 7.35. The summed E-state index contributed by atoms with van der Waals surface area (Å²) in [4.78, 5) is 52.6. The Labute approximate surface area is 266 Å². The van der Waals surface area contributed by atoms with Crippen LogP contribution in [0.25, 0.3) is 0 Å². The number of oxime groups is 1. The molecule has 0 spiro atoms. The number of carboxylic acids is 1. The number of carbonyl (C=O) groups is 4. The fourth-order valence-electron chi connectivity index (χ4n) is 3.22. The highest BCUT2D eigenvalue weighted by molar-refractivity contribution is 8.06. The number of nitrogens with two attached hydrogens (primary N) is 2. The second-order valence-corrected chi connectivity index (χ2v) is 13.3. The van der Waals surface area contributed by atoms with Crippen LogP contribution >= 0.6 is 46.8 Å². The van der Waals surface area contributed by atoms with Crippen LogP contribution in [0.2, 0.25) is 0 Å². The normalized spacial score (nSPS) is 16.8. The van der Waals surface area contributed by atoms with E-state index in [1.54, 1.807) is 31.1 Å². The molecule has 0 bridgehead atoms. The van der Waals surface area contributed by atoms with Gasteiger partial charge in [-0.2, -0.15) is 11.8 Å². The Balaban J connectivity index is 0.000000329. The molecular formula is C25H36N8O6S4. The van der Waals surface area contributed by atoms with Crippen molar-refractivity contribution >= 4 is 77.2 Å². The van der Waals surface area contributed by atoms with E-state index in [-0.39, 0.29) is 17.7 Å². The van der Waals surface area contributed by atoms with Gasteiger partial charge in [0.15, 0.2) is 5.50 Å². The Hall–Kier alpha value is -3.03. The fraction of sp³-hybridized carbons (Fsp3) is 0.440. The van der Waals surface area contributed by atoms with E-state index >= 15 is 0 Å². The Morgan fingerprint density at radius 3 is 2.56 bits per heavy atom. The van der Waals surface area contributed by atoms with Crippen molar-refractivity contribution in [3.63, 3.8) is 0 Å². The van der Waals surface area contributed by atoms with Crippen LogP contribution in [0.5, 0.6) is 0 Å². The number of thioether (sulfide) groups is 3. The predicted molar refractivity (Wildman–Crippen MR) is 172 cm³/mol. The van der Waals surface area contributed by atoms with Gasteiger partial charge in [0.2, 0.25) is 6.41 Å². The highest BCUT2D eigenvalue weighted by atomic mass is 32.2. The number of fused-ring (bicyclic) bond motifs is 1. The minimum atomic E-state index is -1.17. The Kier molecular flexibility index (Phi) is 15.1. The van der Waals surface area contributed by atoms with Crippen LogP contribution in [0.4, 0.5) is 4.79 Å². The molecule has 18 heteroatoms. The number of amides is 3. The molecule has 0 aromatic carbocycles. The van der Waals surface area contributed by atoms with Gasteiger partial charge in [-0.3, -0.25) is 14.7 Å². The lowest BCUT2D eigenvalue weighted by Crippen LogP contribution is -2.66. The van der Waals surface area contributed by atoms with Gasteiger partial charge in [-0.25, -0.2) is 18.6 Å². The number of hydrogen-bond acceptors (Lipinski definition) is 14. The van der Waals surface area contributed by atoms with Gasteiger partial charge in [0, 0.05) is 51.4 Å². The van der Waals surface area contributed by atoms with E-state index in [1.807, 2.05) is 32.3 Å². The molecule has 236 valence electrons. The Morgan fingerprint density at radius 1 is 1.37 bits per heavy atom. The zero-order chi connectivity index (χ0) is 32.1. The number of urea groups is 1. The van der Waals surface area contributed by atoms with Crippen LogP contribution in [0, 0.1) is 5.92 Å². The average molecular weight is 673 g/mol. The Bertz CT molecular complexity index is 1310. The van der Waals surface area contributed by atoms with Crippen molar-refractivity contribution in [3.05, 3.63) is 45.7 Å². The molecule has 43 heavy (non-hydrogen) atoms. The molecule has 4 heterocycles. The van der Waals surface area contributed by atoms with Crippen molar-refractivity contribution < 1.29 is 29.5 Å². The van der Waals surface area contributed by atoms with Gasteiger partial charge < -0.3 is 32.0 Å². The first-order valence-electron chi connectivity index (χ1n) is 12.8. The van der Waals surface area contributed by atoms with E-state index in [1.165, 1.54) is 44.0 Å². The topological polar surface area (TPSA) is 209 Å². The SMILES string of the molecule is C/C(=N\O)c1csn1N.CC(C)C(N)C=O.CNCCSCc1cnccc1SC1=C(C(=O)O)N2C(=O)N(C=O)[C@H]2SC1. The van der Waals surface area contributed by atoms with Crippen LogP contribution in [-0.4, -0.2) is 96.2 Å². The number of carboxylic acid groups (broad SMARTS) is 1. The third kappa shape index (κ3) is 9.73. The van der Waals surface area contributed by atoms with E-state index in [9.17, 15) is 24.3 Å². The van der Waals surface area contributed by atoms with Gasteiger partial charge >= 0.3 is 12.0 Å². The average Bonchev–Trinajstić information content (AvgIpc) is 2.99. The molecule has 7 N–H and O–H groups in total. The zero-order valence-electron chi connectivity index (χ0n) is 24.1. The van der Waals surface area contributed by atoms with Gasteiger partial charge in [0.1, 0.15) is 23.4 Å². The minimum Gasteiger partial charge on any atom is -0.477 e. The second-order valence-electron chi connectivity index (χ2n) is 9.20. The molecule has 2 atom stereocenters. The molecule has 2 aromatic heterocycles. The van der Waals surface area contributed by atoms with Crippen molar-refractivity contribution in [2.24, 2.45) is 16.8 Å². The second kappa shape index (κ2) is 17.9. The third-order valence-electron chi connectivity index (χ3n) is 5.88. The van der Waals surface area contributed by atoms with Gasteiger partial charge in [-0.15, -0.1) is 11.8 Å². The molecule has 2 aliphatic rings. The summed E-state index contributed by atoms with van der Waals surface area (Å²) in [6, 6.07) is 0.979. The monoisotopic (exact) mass is 672 g/mol. The maximum Gasteiger partial charge on any atom is 0.353 e. The molecule has 0 radical (unpaired) electrons. The number of imide groups is 1. The van der Waals surface area contributed by atoms with Gasteiger partial charge in [0.25, 0.3) is 0 Å². The number of aliphatic carboxylic acids is 1. The van der Waals surface area contributed by atoms with Crippen LogP contribution < -0.4 is 16.9 Å². The number of hydrogen-bond donors (Lipinski definition) is 5. The maximum absolute atomic E-state index is 12.1. The number of carbonyl (C=O) groups excluding carboxylic acids is 3. The first kappa shape index (κ1) is 36.2. The van der Waals surface area contributed by atoms with Crippen LogP contribution in [0.1, 0.15) is 32.0 Å². The summed E-state index contributed by atoms with van der Waals surface area (Å²) < 4.78 is 1.44. The lowest BCUT2D eigenvalue weighted by atomic mass is 10.1. The van der Waals surface area contributed by atoms with Crippen molar-refractivity contribution in [3.8, 4) is 0 Å². The van der Waals surface area contributed by atoms with Gasteiger partial charge in [0.05, 0.1) is 6.04 Å². The number of pyridine rings is 1. The number of aromatic nitrogens is 2. The van der Waals surface area contributed by atoms with Crippen molar-refractivity contribution in [1.29, 1.82) is 0 Å². The van der Waals surface area contributed by atoms with E-state index in [4.69, 9.17) is 16.8 Å². The molecule has 0 saturated carbocycles. The summed E-state index contributed by atoms with van der Waals surface area (Å²) in [5.74, 6) is 6.59. The van der Waals surface area contributed by atoms with Crippen LogP contribution in [-0.2, 0) is 20.1 Å². The molecule has 0 aliphatic carbocycles. The van der Waals surface area contributed by atoms with E-state index in [0.29, 0.717) is 22.8 Å². The van der Waals surface area contributed by atoms with Crippen molar-refractivity contribution in [1.82, 2.24) is 24.2 Å². The van der Waals surface area contributed by atoms with E-state index < -0.39 is 17.5 Å². The lowest BCUT2D eigenvalue weighted by Gasteiger charge is -2.49. The third-order valence-corrected chi connectivity index (χ3v) is 10.2. The van der Waals surface area contributed by atoms with Gasteiger partial charge in [-0.1, -0.05) is 30.8 Å². The highest BCUT2D eigenvalue weighted by Gasteiger charge is 2.51.